The largest absolute Gasteiger partial charge is 0.396 e. The first-order valence-corrected chi connectivity index (χ1v) is 7.72. The summed E-state index contributed by atoms with van der Waals surface area (Å²) in [7, 11) is 0. The molecular formula is C15H26N4O2. The Kier molecular flexibility index (Phi) is 4.88. The van der Waals surface area contributed by atoms with Crippen LogP contribution in [0.3, 0.4) is 0 Å². The van der Waals surface area contributed by atoms with Crippen LogP contribution in [0.25, 0.3) is 0 Å². The number of amides is 2. The number of anilines is 1. The van der Waals surface area contributed by atoms with Crippen molar-refractivity contribution >= 4 is 11.8 Å². The monoisotopic (exact) mass is 294 g/mol. The first kappa shape index (κ1) is 15.8. The standard InChI is InChI=1S/C15H26N4O2/c1-4-11(2)19-13(7-9-16-19)18-14(21)17-12-6-5-8-15(12,3)10-20/h7,9,11-12,20H,4-6,8,10H2,1-3H3,(H2,17,18,21). The number of nitrogens with zero attached hydrogens (tertiary/aromatic N) is 2. The summed E-state index contributed by atoms with van der Waals surface area (Å²) in [5.41, 5.74) is -0.214. The number of aromatic nitrogens is 2. The predicted octanol–water partition coefficient (Wildman–Crippen LogP) is 2.53. The van der Waals surface area contributed by atoms with Crippen LogP contribution in [0.15, 0.2) is 12.3 Å². The second-order valence-corrected chi connectivity index (χ2v) is 6.27. The van der Waals surface area contributed by atoms with E-state index < -0.39 is 0 Å². The molecule has 1 saturated carbocycles. The van der Waals surface area contributed by atoms with E-state index in [4.69, 9.17) is 0 Å². The van der Waals surface area contributed by atoms with Gasteiger partial charge in [-0.3, -0.25) is 5.32 Å². The maximum absolute atomic E-state index is 12.2. The van der Waals surface area contributed by atoms with E-state index in [1.807, 2.05) is 11.6 Å². The summed E-state index contributed by atoms with van der Waals surface area (Å²) in [6, 6.07) is 1.82. The molecule has 0 spiro atoms. The molecule has 2 rings (SSSR count). The lowest BCUT2D eigenvalue weighted by Crippen LogP contribution is -2.46. The molecule has 6 heteroatoms. The summed E-state index contributed by atoms with van der Waals surface area (Å²) >= 11 is 0. The highest BCUT2D eigenvalue weighted by atomic mass is 16.3. The number of aliphatic hydroxyl groups excluding tert-OH is 1. The van der Waals surface area contributed by atoms with Gasteiger partial charge in [0.1, 0.15) is 5.82 Å². The zero-order chi connectivity index (χ0) is 15.5. The molecule has 1 aromatic rings. The third-order valence-electron chi connectivity index (χ3n) is 4.67. The molecule has 0 saturated heterocycles. The third-order valence-corrected chi connectivity index (χ3v) is 4.67. The molecule has 6 nitrogen and oxygen atoms in total. The number of hydrogen-bond acceptors (Lipinski definition) is 3. The summed E-state index contributed by atoms with van der Waals surface area (Å²) in [5.74, 6) is 0.700. The Bertz CT molecular complexity index is 488. The van der Waals surface area contributed by atoms with Crippen LogP contribution in [0.5, 0.6) is 0 Å². The zero-order valence-electron chi connectivity index (χ0n) is 13.1. The van der Waals surface area contributed by atoms with E-state index in [0.717, 1.165) is 25.7 Å². The fraction of sp³-hybridized carbons (Fsp3) is 0.733. The van der Waals surface area contributed by atoms with Crippen LogP contribution in [-0.4, -0.2) is 33.6 Å². The molecule has 3 N–H and O–H groups in total. The van der Waals surface area contributed by atoms with Gasteiger partial charge in [-0.2, -0.15) is 5.10 Å². The van der Waals surface area contributed by atoms with Gasteiger partial charge in [0.05, 0.1) is 18.8 Å². The number of urea groups is 1. The molecule has 3 atom stereocenters. The van der Waals surface area contributed by atoms with Crippen molar-refractivity contribution in [2.75, 3.05) is 11.9 Å². The van der Waals surface area contributed by atoms with Gasteiger partial charge in [-0.05, 0) is 26.2 Å². The Balaban J connectivity index is 1.98. The van der Waals surface area contributed by atoms with Crippen molar-refractivity contribution in [1.29, 1.82) is 0 Å². The molecule has 3 unspecified atom stereocenters. The summed E-state index contributed by atoms with van der Waals surface area (Å²) in [6.45, 7) is 6.27. The highest BCUT2D eigenvalue weighted by Crippen LogP contribution is 2.37. The van der Waals surface area contributed by atoms with Crippen LogP contribution in [0.4, 0.5) is 10.6 Å². The van der Waals surface area contributed by atoms with Gasteiger partial charge in [0.15, 0.2) is 0 Å². The molecular weight excluding hydrogens is 268 g/mol. The summed E-state index contributed by atoms with van der Waals surface area (Å²) in [6.07, 6.45) is 5.53. The van der Waals surface area contributed by atoms with E-state index in [0.29, 0.717) is 5.82 Å². The van der Waals surface area contributed by atoms with Gasteiger partial charge in [0, 0.05) is 17.5 Å². The van der Waals surface area contributed by atoms with Crippen LogP contribution in [0, 0.1) is 5.41 Å². The van der Waals surface area contributed by atoms with Crippen molar-refractivity contribution in [1.82, 2.24) is 15.1 Å². The lowest BCUT2D eigenvalue weighted by atomic mass is 9.86. The Morgan fingerprint density at radius 3 is 3.10 bits per heavy atom. The van der Waals surface area contributed by atoms with Crippen LogP contribution in [-0.2, 0) is 0 Å². The molecule has 1 aliphatic carbocycles. The van der Waals surface area contributed by atoms with Crippen molar-refractivity contribution in [3.63, 3.8) is 0 Å². The van der Waals surface area contributed by atoms with E-state index in [1.165, 1.54) is 0 Å². The first-order valence-electron chi connectivity index (χ1n) is 7.72. The highest BCUT2D eigenvalue weighted by Gasteiger charge is 2.39. The fourth-order valence-electron chi connectivity index (χ4n) is 2.92. The number of aliphatic hydroxyl groups is 1. The first-order chi connectivity index (χ1) is 10.00. The summed E-state index contributed by atoms with van der Waals surface area (Å²) in [4.78, 5) is 12.2. The van der Waals surface area contributed by atoms with Crippen molar-refractivity contribution in [3.05, 3.63) is 12.3 Å². The quantitative estimate of drug-likeness (QED) is 0.780. The lowest BCUT2D eigenvalue weighted by molar-refractivity contribution is 0.122. The Labute approximate surface area is 125 Å². The number of carbonyl (C=O) groups is 1. The molecule has 118 valence electrons. The molecule has 2 amide bonds. The average molecular weight is 294 g/mol. The molecule has 0 aliphatic heterocycles. The molecule has 0 radical (unpaired) electrons. The normalized spacial score (nSPS) is 26.6. The molecule has 0 bridgehead atoms. The van der Waals surface area contributed by atoms with Gasteiger partial charge < -0.3 is 10.4 Å². The Morgan fingerprint density at radius 2 is 2.43 bits per heavy atom. The van der Waals surface area contributed by atoms with E-state index >= 15 is 0 Å². The minimum atomic E-state index is -0.230. The topological polar surface area (TPSA) is 79.2 Å². The summed E-state index contributed by atoms with van der Waals surface area (Å²) < 4.78 is 1.82. The van der Waals surface area contributed by atoms with Crippen LogP contribution < -0.4 is 10.6 Å². The number of carbonyl (C=O) groups excluding carboxylic acids is 1. The minimum absolute atomic E-state index is 0.0162. The Morgan fingerprint density at radius 1 is 1.67 bits per heavy atom. The van der Waals surface area contributed by atoms with Crippen LogP contribution in [0.1, 0.15) is 52.5 Å². The summed E-state index contributed by atoms with van der Waals surface area (Å²) in [5, 5.41) is 19.6. The van der Waals surface area contributed by atoms with Gasteiger partial charge >= 0.3 is 6.03 Å². The molecule has 1 aliphatic rings. The average Bonchev–Trinajstić information content (AvgIpc) is 3.06. The van der Waals surface area contributed by atoms with Crippen LogP contribution in [0.2, 0.25) is 0 Å². The highest BCUT2D eigenvalue weighted by molar-refractivity contribution is 5.88. The van der Waals surface area contributed by atoms with Crippen molar-refractivity contribution in [2.24, 2.45) is 5.41 Å². The Hall–Kier alpha value is -1.56. The molecule has 21 heavy (non-hydrogen) atoms. The van der Waals surface area contributed by atoms with Crippen molar-refractivity contribution in [2.45, 2.75) is 58.5 Å². The number of hydrogen-bond donors (Lipinski definition) is 3. The smallest absolute Gasteiger partial charge is 0.320 e. The molecule has 1 aromatic heterocycles. The van der Waals surface area contributed by atoms with E-state index in [9.17, 15) is 9.90 Å². The van der Waals surface area contributed by atoms with Gasteiger partial charge in [0.25, 0.3) is 0 Å². The minimum Gasteiger partial charge on any atom is -0.396 e. The van der Waals surface area contributed by atoms with Gasteiger partial charge in [-0.25, -0.2) is 9.48 Å². The third kappa shape index (κ3) is 3.37. The van der Waals surface area contributed by atoms with E-state index in [2.05, 4.69) is 29.6 Å². The lowest BCUT2D eigenvalue weighted by Gasteiger charge is -2.30. The zero-order valence-corrected chi connectivity index (χ0v) is 13.1. The van der Waals surface area contributed by atoms with Gasteiger partial charge in [-0.1, -0.05) is 20.3 Å². The van der Waals surface area contributed by atoms with Crippen LogP contribution >= 0.6 is 0 Å². The van der Waals surface area contributed by atoms with E-state index in [1.54, 1.807) is 12.3 Å². The predicted molar refractivity (Wildman–Crippen MR) is 82.2 cm³/mol. The van der Waals surface area contributed by atoms with Crippen molar-refractivity contribution in [3.8, 4) is 0 Å². The molecule has 0 aromatic carbocycles. The second kappa shape index (κ2) is 6.47. The van der Waals surface area contributed by atoms with Gasteiger partial charge in [0.2, 0.25) is 0 Å². The van der Waals surface area contributed by atoms with Crippen molar-refractivity contribution < 1.29 is 9.90 Å². The SMILES string of the molecule is CCC(C)n1nccc1NC(=O)NC1CCCC1(C)CO. The second-order valence-electron chi connectivity index (χ2n) is 6.27. The van der Waals surface area contributed by atoms with Gasteiger partial charge in [-0.15, -0.1) is 0 Å². The maximum Gasteiger partial charge on any atom is 0.320 e. The number of nitrogens with one attached hydrogen (secondary N) is 2. The van der Waals surface area contributed by atoms with E-state index in [-0.39, 0.29) is 30.1 Å². The molecule has 1 fully saturated rings. The fourth-order valence-corrected chi connectivity index (χ4v) is 2.92. The maximum atomic E-state index is 12.2. The number of rotatable bonds is 5. The molecule has 1 heterocycles.